The minimum atomic E-state index is -0.202. The second-order valence-corrected chi connectivity index (χ2v) is 4.74. The Morgan fingerprint density at radius 3 is 2.47 bits per heavy atom. The van der Waals surface area contributed by atoms with E-state index < -0.39 is 0 Å². The van der Waals surface area contributed by atoms with Gasteiger partial charge in [-0.05, 0) is 43.9 Å². The summed E-state index contributed by atoms with van der Waals surface area (Å²) in [6.45, 7) is 4.00. The predicted molar refractivity (Wildman–Crippen MR) is 62.6 cm³/mol. The molecule has 1 aliphatic carbocycles. The van der Waals surface area contributed by atoms with Crippen LogP contribution in [0.3, 0.4) is 0 Å². The first-order valence-electron chi connectivity index (χ1n) is 5.12. The van der Waals surface area contributed by atoms with E-state index in [1.165, 1.54) is 0 Å². The standard InChI is InChI=1S/C12H16ClNO/c1-7-6-9(15-3)10(8(2)11(7)13)12(14)4-5-12/h6H,4-5,14H2,1-3H3. The summed E-state index contributed by atoms with van der Waals surface area (Å²) in [6.07, 6.45) is 2.03. The third kappa shape index (κ3) is 1.62. The minimum absolute atomic E-state index is 0.202. The first-order valence-corrected chi connectivity index (χ1v) is 5.50. The molecule has 2 N–H and O–H groups in total. The number of hydrogen-bond acceptors (Lipinski definition) is 2. The molecule has 0 bridgehead atoms. The van der Waals surface area contributed by atoms with E-state index in [0.29, 0.717) is 0 Å². The van der Waals surface area contributed by atoms with Crippen molar-refractivity contribution in [3.63, 3.8) is 0 Å². The quantitative estimate of drug-likeness (QED) is 0.840. The lowest BCUT2D eigenvalue weighted by atomic mass is 9.96. The summed E-state index contributed by atoms with van der Waals surface area (Å²) in [5.74, 6) is 0.870. The Balaban J connectivity index is 2.65. The summed E-state index contributed by atoms with van der Waals surface area (Å²) < 4.78 is 5.39. The molecule has 2 nitrogen and oxygen atoms in total. The largest absolute Gasteiger partial charge is 0.496 e. The van der Waals surface area contributed by atoms with Crippen LogP contribution in [-0.2, 0) is 5.54 Å². The van der Waals surface area contributed by atoms with Crippen LogP contribution in [0.15, 0.2) is 6.07 Å². The number of hydrogen-bond donors (Lipinski definition) is 1. The molecule has 0 saturated heterocycles. The zero-order chi connectivity index (χ0) is 11.2. The van der Waals surface area contributed by atoms with Crippen molar-refractivity contribution < 1.29 is 4.74 Å². The smallest absolute Gasteiger partial charge is 0.124 e. The molecule has 82 valence electrons. The van der Waals surface area contributed by atoms with Gasteiger partial charge in [0.2, 0.25) is 0 Å². The lowest BCUT2D eigenvalue weighted by Gasteiger charge is -2.19. The van der Waals surface area contributed by atoms with Crippen LogP contribution < -0.4 is 10.5 Å². The summed E-state index contributed by atoms with van der Waals surface area (Å²) >= 11 is 6.23. The van der Waals surface area contributed by atoms with Crippen LogP contribution in [0.4, 0.5) is 0 Å². The highest BCUT2D eigenvalue weighted by Crippen LogP contribution is 2.49. The van der Waals surface area contributed by atoms with Gasteiger partial charge in [0.15, 0.2) is 0 Å². The lowest BCUT2D eigenvalue weighted by Crippen LogP contribution is -2.21. The van der Waals surface area contributed by atoms with Gasteiger partial charge >= 0.3 is 0 Å². The van der Waals surface area contributed by atoms with Gasteiger partial charge in [-0.2, -0.15) is 0 Å². The van der Waals surface area contributed by atoms with Crippen LogP contribution in [0.5, 0.6) is 5.75 Å². The van der Waals surface area contributed by atoms with Crippen molar-refractivity contribution in [3.05, 3.63) is 27.8 Å². The SMILES string of the molecule is COc1cc(C)c(Cl)c(C)c1C1(N)CC1. The molecule has 2 rings (SSSR count). The Kier molecular flexibility index (Phi) is 2.44. The fraction of sp³-hybridized carbons (Fsp3) is 0.500. The molecule has 0 aliphatic heterocycles. The van der Waals surface area contributed by atoms with Crippen molar-refractivity contribution in [1.29, 1.82) is 0 Å². The first kappa shape index (κ1) is 10.8. The Morgan fingerprint density at radius 1 is 1.40 bits per heavy atom. The molecule has 1 aliphatic rings. The summed E-state index contributed by atoms with van der Waals surface area (Å²) in [4.78, 5) is 0. The number of nitrogens with two attached hydrogens (primary N) is 1. The molecule has 0 heterocycles. The number of rotatable bonds is 2. The van der Waals surface area contributed by atoms with Crippen LogP contribution in [0, 0.1) is 13.8 Å². The number of methoxy groups -OCH3 is 1. The summed E-state index contributed by atoms with van der Waals surface area (Å²) in [7, 11) is 1.68. The molecule has 15 heavy (non-hydrogen) atoms. The Bertz CT molecular complexity index is 411. The van der Waals surface area contributed by atoms with Gasteiger partial charge in [-0.25, -0.2) is 0 Å². The maximum Gasteiger partial charge on any atom is 0.124 e. The van der Waals surface area contributed by atoms with Crippen molar-refractivity contribution in [2.75, 3.05) is 7.11 Å². The van der Waals surface area contributed by atoms with Crippen LogP contribution in [-0.4, -0.2) is 7.11 Å². The maximum absolute atomic E-state index is 6.23. The summed E-state index contributed by atoms with van der Waals surface area (Å²) in [5.41, 5.74) is 9.21. The van der Waals surface area contributed by atoms with Gasteiger partial charge < -0.3 is 10.5 Å². The molecule has 0 unspecified atom stereocenters. The Morgan fingerprint density at radius 2 is 2.00 bits per heavy atom. The van der Waals surface area contributed by atoms with Gasteiger partial charge in [0.05, 0.1) is 7.11 Å². The minimum Gasteiger partial charge on any atom is -0.496 e. The molecule has 1 aromatic rings. The molecule has 0 aromatic heterocycles. The molecular weight excluding hydrogens is 210 g/mol. The normalized spacial score (nSPS) is 17.7. The third-order valence-electron chi connectivity index (χ3n) is 3.15. The fourth-order valence-corrected chi connectivity index (χ4v) is 2.24. The second-order valence-electron chi connectivity index (χ2n) is 4.37. The van der Waals surface area contributed by atoms with Crippen molar-refractivity contribution in [2.24, 2.45) is 5.73 Å². The molecule has 1 fully saturated rings. The number of benzene rings is 1. The molecular formula is C12H16ClNO. The third-order valence-corrected chi connectivity index (χ3v) is 3.73. The molecule has 0 amide bonds. The highest BCUT2D eigenvalue weighted by molar-refractivity contribution is 6.32. The van der Waals surface area contributed by atoms with E-state index in [-0.39, 0.29) is 5.54 Å². The molecule has 0 atom stereocenters. The number of halogens is 1. The van der Waals surface area contributed by atoms with Crippen molar-refractivity contribution in [1.82, 2.24) is 0 Å². The topological polar surface area (TPSA) is 35.2 Å². The highest BCUT2D eigenvalue weighted by Gasteiger charge is 2.43. The summed E-state index contributed by atoms with van der Waals surface area (Å²) in [5, 5.41) is 0.808. The summed E-state index contributed by atoms with van der Waals surface area (Å²) in [6, 6.07) is 1.97. The van der Waals surface area contributed by atoms with E-state index in [9.17, 15) is 0 Å². The van der Waals surface area contributed by atoms with E-state index >= 15 is 0 Å². The average molecular weight is 226 g/mol. The van der Waals surface area contributed by atoms with Crippen molar-refractivity contribution >= 4 is 11.6 Å². The van der Waals surface area contributed by atoms with E-state index in [0.717, 1.165) is 40.3 Å². The van der Waals surface area contributed by atoms with Crippen LogP contribution in [0.25, 0.3) is 0 Å². The monoisotopic (exact) mass is 225 g/mol. The van der Waals surface area contributed by atoms with E-state index in [1.807, 2.05) is 19.9 Å². The second kappa shape index (κ2) is 3.39. The van der Waals surface area contributed by atoms with E-state index in [1.54, 1.807) is 7.11 Å². The molecule has 3 heteroatoms. The number of aryl methyl sites for hydroxylation is 1. The maximum atomic E-state index is 6.23. The number of ether oxygens (including phenoxy) is 1. The average Bonchev–Trinajstić information content (AvgIpc) is 2.92. The Labute approximate surface area is 95.4 Å². The van der Waals surface area contributed by atoms with Crippen molar-refractivity contribution in [2.45, 2.75) is 32.2 Å². The van der Waals surface area contributed by atoms with Gasteiger partial charge in [-0.3, -0.25) is 0 Å². The first-order chi connectivity index (χ1) is 6.99. The highest BCUT2D eigenvalue weighted by atomic mass is 35.5. The van der Waals surface area contributed by atoms with Gasteiger partial charge in [0, 0.05) is 16.1 Å². The van der Waals surface area contributed by atoms with Gasteiger partial charge in [-0.1, -0.05) is 11.6 Å². The van der Waals surface area contributed by atoms with E-state index in [2.05, 4.69) is 0 Å². The van der Waals surface area contributed by atoms with Gasteiger partial charge in [0.1, 0.15) is 5.75 Å². The van der Waals surface area contributed by atoms with Crippen LogP contribution in [0.1, 0.15) is 29.5 Å². The Hall–Kier alpha value is -0.730. The fourth-order valence-electron chi connectivity index (χ4n) is 2.09. The lowest BCUT2D eigenvalue weighted by molar-refractivity contribution is 0.403. The molecule has 1 aromatic carbocycles. The van der Waals surface area contributed by atoms with Crippen molar-refractivity contribution in [3.8, 4) is 5.75 Å². The molecule has 1 saturated carbocycles. The van der Waals surface area contributed by atoms with Gasteiger partial charge in [0.25, 0.3) is 0 Å². The van der Waals surface area contributed by atoms with Crippen LogP contribution >= 0.6 is 11.6 Å². The predicted octanol–water partition coefficient (Wildman–Crippen LogP) is 2.91. The zero-order valence-electron chi connectivity index (χ0n) is 9.36. The van der Waals surface area contributed by atoms with Gasteiger partial charge in [-0.15, -0.1) is 0 Å². The van der Waals surface area contributed by atoms with Crippen LogP contribution in [0.2, 0.25) is 5.02 Å². The van der Waals surface area contributed by atoms with E-state index in [4.69, 9.17) is 22.1 Å². The zero-order valence-corrected chi connectivity index (χ0v) is 10.1. The molecule has 0 spiro atoms. The molecule has 0 radical (unpaired) electrons.